The van der Waals surface area contributed by atoms with Crippen LogP contribution in [-0.2, 0) is 14.3 Å². The summed E-state index contributed by atoms with van der Waals surface area (Å²) in [5.74, 6) is -0.417. The van der Waals surface area contributed by atoms with Gasteiger partial charge in [0.1, 0.15) is 18.0 Å². The molecule has 1 fully saturated rings. The number of hydrogen-bond acceptors (Lipinski definition) is 6. The Morgan fingerprint density at radius 2 is 2.00 bits per heavy atom. The van der Waals surface area contributed by atoms with Gasteiger partial charge in [0, 0.05) is 17.0 Å². The molecule has 2 aromatic rings. The number of carbonyl (C=O) groups is 2. The molecule has 1 aromatic carbocycles. The summed E-state index contributed by atoms with van der Waals surface area (Å²) in [6.07, 6.45) is 3.09. The van der Waals surface area contributed by atoms with Crippen molar-refractivity contribution in [3.8, 4) is 0 Å². The molecule has 0 aliphatic heterocycles. The SMILES string of the molecule is CCOC(=O)COC1CCC(NC(=O)c2cc3cc(C(=N)N)ccc3o2)CC1. The highest BCUT2D eigenvalue weighted by molar-refractivity contribution is 6.00. The van der Waals surface area contributed by atoms with Crippen molar-refractivity contribution in [2.75, 3.05) is 13.2 Å². The average molecular weight is 387 g/mol. The topological polar surface area (TPSA) is 128 Å². The first-order valence-electron chi connectivity index (χ1n) is 9.42. The Kier molecular flexibility index (Phi) is 6.30. The first-order valence-corrected chi connectivity index (χ1v) is 9.42. The zero-order valence-corrected chi connectivity index (χ0v) is 15.8. The molecule has 4 N–H and O–H groups in total. The van der Waals surface area contributed by atoms with E-state index in [1.807, 2.05) is 0 Å². The summed E-state index contributed by atoms with van der Waals surface area (Å²) < 4.78 is 16.0. The molecule has 1 saturated carbocycles. The van der Waals surface area contributed by atoms with E-state index in [0.717, 1.165) is 31.1 Å². The van der Waals surface area contributed by atoms with E-state index in [2.05, 4.69) is 5.32 Å². The van der Waals surface area contributed by atoms with Crippen LogP contribution in [0.5, 0.6) is 0 Å². The molecule has 1 amide bonds. The minimum absolute atomic E-state index is 0.00811. The van der Waals surface area contributed by atoms with Crippen LogP contribution in [0.3, 0.4) is 0 Å². The molecule has 0 bridgehead atoms. The molecular weight excluding hydrogens is 362 g/mol. The Morgan fingerprint density at radius 1 is 1.25 bits per heavy atom. The zero-order valence-electron chi connectivity index (χ0n) is 15.8. The van der Waals surface area contributed by atoms with Gasteiger partial charge in [-0.3, -0.25) is 10.2 Å². The predicted octanol–water partition coefficient (Wildman–Crippen LogP) is 2.34. The summed E-state index contributed by atoms with van der Waals surface area (Å²) in [5.41, 5.74) is 6.66. The van der Waals surface area contributed by atoms with Crippen LogP contribution >= 0.6 is 0 Å². The van der Waals surface area contributed by atoms with E-state index in [9.17, 15) is 9.59 Å². The maximum atomic E-state index is 12.5. The van der Waals surface area contributed by atoms with Gasteiger partial charge in [-0.1, -0.05) is 0 Å². The van der Waals surface area contributed by atoms with Crippen LogP contribution in [0.1, 0.15) is 48.7 Å². The van der Waals surface area contributed by atoms with Gasteiger partial charge in [-0.2, -0.15) is 0 Å². The number of hydrogen-bond donors (Lipinski definition) is 3. The third-order valence-corrected chi connectivity index (χ3v) is 4.80. The molecule has 0 spiro atoms. The highest BCUT2D eigenvalue weighted by Gasteiger charge is 2.25. The van der Waals surface area contributed by atoms with Crippen LogP contribution in [-0.4, -0.2) is 43.1 Å². The zero-order chi connectivity index (χ0) is 20.1. The number of nitrogens with one attached hydrogen (secondary N) is 2. The molecule has 0 atom stereocenters. The van der Waals surface area contributed by atoms with Crippen molar-refractivity contribution in [2.45, 2.75) is 44.8 Å². The molecule has 0 saturated heterocycles. The molecule has 1 aromatic heterocycles. The molecule has 0 unspecified atom stereocenters. The monoisotopic (exact) mass is 387 g/mol. The molecule has 1 aliphatic carbocycles. The highest BCUT2D eigenvalue weighted by atomic mass is 16.6. The minimum Gasteiger partial charge on any atom is -0.464 e. The van der Waals surface area contributed by atoms with Crippen LogP contribution in [0.15, 0.2) is 28.7 Å². The molecule has 1 heterocycles. The summed E-state index contributed by atoms with van der Waals surface area (Å²) in [7, 11) is 0. The second kappa shape index (κ2) is 8.88. The smallest absolute Gasteiger partial charge is 0.332 e. The van der Waals surface area contributed by atoms with Crippen LogP contribution < -0.4 is 11.1 Å². The fourth-order valence-corrected chi connectivity index (χ4v) is 3.34. The van der Waals surface area contributed by atoms with E-state index >= 15 is 0 Å². The lowest BCUT2D eigenvalue weighted by Crippen LogP contribution is -2.39. The number of furan rings is 1. The number of nitrogen functional groups attached to an aromatic ring is 1. The molecule has 150 valence electrons. The number of amides is 1. The van der Waals surface area contributed by atoms with E-state index in [0.29, 0.717) is 17.8 Å². The normalized spacial score (nSPS) is 19.3. The summed E-state index contributed by atoms with van der Waals surface area (Å²) in [6.45, 7) is 2.08. The van der Waals surface area contributed by atoms with Crippen molar-refractivity contribution in [3.05, 3.63) is 35.6 Å². The maximum absolute atomic E-state index is 12.5. The minimum atomic E-state index is -0.351. The van der Waals surface area contributed by atoms with Crippen molar-refractivity contribution < 1.29 is 23.5 Å². The van der Waals surface area contributed by atoms with Gasteiger partial charge in [-0.05, 0) is 56.9 Å². The van der Waals surface area contributed by atoms with Crippen molar-refractivity contribution >= 4 is 28.7 Å². The maximum Gasteiger partial charge on any atom is 0.332 e. The highest BCUT2D eigenvalue weighted by Crippen LogP contribution is 2.24. The summed E-state index contributed by atoms with van der Waals surface area (Å²) in [5, 5.41) is 11.2. The van der Waals surface area contributed by atoms with Gasteiger partial charge >= 0.3 is 5.97 Å². The number of rotatable bonds is 7. The number of fused-ring (bicyclic) bond motifs is 1. The number of amidine groups is 1. The summed E-state index contributed by atoms with van der Waals surface area (Å²) in [4.78, 5) is 23.9. The van der Waals surface area contributed by atoms with Crippen molar-refractivity contribution in [3.63, 3.8) is 0 Å². The van der Waals surface area contributed by atoms with Crippen LogP contribution in [0.2, 0.25) is 0 Å². The Morgan fingerprint density at radius 3 is 2.68 bits per heavy atom. The molecule has 0 radical (unpaired) electrons. The number of benzene rings is 1. The number of ether oxygens (including phenoxy) is 2. The van der Waals surface area contributed by atoms with Crippen LogP contribution in [0, 0.1) is 5.41 Å². The van der Waals surface area contributed by atoms with Crippen molar-refractivity contribution in [2.24, 2.45) is 5.73 Å². The number of esters is 1. The first kappa shape index (κ1) is 19.9. The molecule has 8 heteroatoms. The largest absolute Gasteiger partial charge is 0.464 e. The third kappa shape index (κ3) is 4.89. The molecule has 28 heavy (non-hydrogen) atoms. The van der Waals surface area contributed by atoms with Crippen LogP contribution in [0.25, 0.3) is 11.0 Å². The Hall–Kier alpha value is -2.87. The number of carbonyl (C=O) groups excluding carboxylic acids is 2. The van der Waals surface area contributed by atoms with Crippen molar-refractivity contribution in [1.82, 2.24) is 5.32 Å². The van der Waals surface area contributed by atoms with Gasteiger partial charge in [0.15, 0.2) is 5.76 Å². The number of nitrogens with two attached hydrogens (primary N) is 1. The average Bonchev–Trinajstić information content (AvgIpc) is 3.11. The van der Waals surface area contributed by atoms with Gasteiger partial charge < -0.3 is 24.9 Å². The first-order chi connectivity index (χ1) is 13.5. The van der Waals surface area contributed by atoms with Gasteiger partial charge in [0.05, 0.1) is 12.7 Å². The van der Waals surface area contributed by atoms with E-state index in [1.165, 1.54) is 0 Å². The standard InChI is InChI=1S/C20H25N3O5/c1-2-26-18(24)11-27-15-6-4-14(5-7-15)23-20(25)17-10-13-9-12(19(21)22)3-8-16(13)28-17/h3,8-10,14-15H,2,4-7,11H2,1H3,(H3,21,22)(H,23,25). The summed E-state index contributed by atoms with van der Waals surface area (Å²) >= 11 is 0. The second-order valence-electron chi connectivity index (χ2n) is 6.84. The van der Waals surface area contributed by atoms with E-state index in [1.54, 1.807) is 31.2 Å². The van der Waals surface area contributed by atoms with E-state index in [-0.39, 0.29) is 42.2 Å². The Labute approximate surface area is 162 Å². The summed E-state index contributed by atoms with van der Waals surface area (Å²) in [6, 6.07) is 6.81. The fraction of sp³-hybridized carbons (Fsp3) is 0.450. The van der Waals surface area contributed by atoms with Crippen molar-refractivity contribution in [1.29, 1.82) is 5.41 Å². The lowest BCUT2D eigenvalue weighted by Gasteiger charge is -2.28. The molecular formula is C20H25N3O5. The Bertz CT molecular complexity index is 868. The lowest BCUT2D eigenvalue weighted by atomic mass is 9.93. The van der Waals surface area contributed by atoms with E-state index in [4.69, 9.17) is 25.0 Å². The van der Waals surface area contributed by atoms with Gasteiger partial charge in [-0.15, -0.1) is 0 Å². The van der Waals surface area contributed by atoms with Crippen LogP contribution in [0.4, 0.5) is 0 Å². The fourth-order valence-electron chi connectivity index (χ4n) is 3.34. The predicted molar refractivity (Wildman–Crippen MR) is 103 cm³/mol. The Balaban J connectivity index is 1.51. The molecule has 8 nitrogen and oxygen atoms in total. The van der Waals surface area contributed by atoms with Gasteiger partial charge in [0.25, 0.3) is 5.91 Å². The quantitative estimate of drug-likeness (QED) is 0.380. The third-order valence-electron chi connectivity index (χ3n) is 4.80. The second-order valence-corrected chi connectivity index (χ2v) is 6.84. The molecule has 1 aliphatic rings. The van der Waals surface area contributed by atoms with E-state index < -0.39 is 0 Å². The van der Waals surface area contributed by atoms with Gasteiger partial charge in [-0.25, -0.2) is 4.79 Å². The lowest BCUT2D eigenvalue weighted by molar-refractivity contribution is -0.151. The van der Waals surface area contributed by atoms with Gasteiger partial charge in [0.2, 0.25) is 0 Å². The molecule has 3 rings (SSSR count).